The minimum absolute atomic E-state index is 0.0505. The third-order valence-electron chi connectivity index (χ3n) is 3.61. The first-order valence-corrected chi connectivity index (χ1v) is 7.98. The lowest BCUT2D eigenvalue weighted by molar-refractivity contribution is -0.116. The van der Waals surface area contributed by atoms with Crippen LogP contribution in [0.3, 0.4) is 0 Å². The molecule has 2 aromatic carbocycles. The summed E-state index contributed by atoms with van der Waals surface area (Å²) in [5.74, 6) is -0.308. The molecule has 0 aliphatic heterocycles. The fraction of sp³-hybridized carbons (Fsp3) is 0.222. The molecule has 0 bridgehead atoms. The number of hydrogen-bond donors (Lipinski definition) is 1. The number of hydrogen-bond acceptors (Lipinski definition) is 2. The van der Waals surface area contributed by atoms with E-state index in [1.54, 1.807) is 24.3 Å². The quantitative estimate of drug-likeness (QED) is 0.752. The van der Waals surface area contributed by atoms with Crippen LogP contribution in [0.1, 0.15) is 34.3 Å². The van der Waals surface area contributed by atoms with Crippen molar-refractivity contribution >= 4 is 40.6 Å². The smallest absolute Gasteiger partial charge is 0.224 e. The zero-order valence-electron chi connectivity index (χ0n) is 13.0. The van der Waals surface area contributed by atoms with Crippen LogP contribution in [0, 0.1) is 13.8 Å². The fourth-order valence-electron chi connectivity index (χ4n) is 2.09. The summed E-state index contributed by atoms with van der Waals surface area (Å²) >= 11 is 11.8. The van der Waals surface area contributed by atoms with Crippen LogP contribution in [0.5, 0.6) is 0 Å². The molecule has 0 saturated heterocycles. The van der Waals surface area contributed by atoms with Gasteiger partial charge < -0.3 is 5.32 Å². The summed E-state index contributed by atoms with van der Waals surface area (Å²) in [6, 6.07) is 10.4. The Morgan fingerprint density at radius 3 is 2.35 bits per heavy atom. The lowest BCUT2D eigenvalue weighted by Crippen LogP contribution is -2.14. The predicted molar refractivity (Wildman–Crippen MR) is 94.6 cm³/mol. The van der Waals surface area contributed by atoms with Gasteiger partial charge in [-0.1, -0.05) is 35.3 Å². The maximum atomic E-state index is 12.2. The summed E-state index contributed by atoms with van der Waals surface area (Å²) in [4.78, 5) is 24.1. The lowest BCUT2D eigenvalue weighted by Gasteiger charge is -2.08. The molecule has 0 heterocycles. The molecule has 0 saturated carbocycles. The van der Waals surface area contributed by atoms with Gasteiger partial charge in [-0.15, -0.1) is 0 Å². The van der Waals surface area contributed by atoms with Gasteiger partial charge in [-0.05, 0) is 49.2 Å². The largest absolute Gasteiger partial charge is 0.325 e. The van der Waals surface area contributed by atoms with Crippen molar-refractivity contribution in [3.8, 4) is 0 Å². The number of Topliss-reactive ketones (excluding diaryl/α,β-unsaturated/α-hetero) is 1. The van der Waals surface area contributed by atoms with E-state index in [1.807, 2.05) is 26.0 Å². The highest BCUT2D eigenvalue weighted by atomic mass is 35.5. The number of nitrogens with one attached hydrogen (secondary N) is 1. The van der Waals surface area contributed by atoms with Gasteiger partial charge >= 0.3 is 0 Å². The molecule has 0 aliphatic rings. The molecule has 5 heteroatoms. The van der Waals surface area contributed by atoms with Gasteiger partial charge in [0.2, 0.25) is 5.91 Å². The first-order valence-electron chi connectivity index (χ1n) is 7.22. The zero-order valence-corrected chi connectivity index (χ0v) is 14.5. The maximum absolute atomic E-state index is 12.2. The highest BCUT2D eigenvalue weighted by Crippen LogP contribution is 2.25. The van der Waals surface area contributed by atoms with Crippen LogP contribution in [-0.4, -0.2) is 11.7 Å². The third kappa shape index (κ3) is 4.81. The SMILES string of the molecule is Cc1ccc(C(=O)CCC(=O)Nc2ccc(Cl)cc2Cl)cc1C. The first kappa shape index (κ1) is 17.5. The Morgan fingerprint density at radius 1 is 0.957 bits per heavy atom. The molecule has 0 radical (unpaired) electrons. The van der Waals surface area contributed by atoms with Crippen molar-refractivity contribution in [2.45, 2.75) is 26.7 Å². The van der Waals surface area contributed by atoms with E-state index >= 15 is 0 Å². The molecule has 2 aromatic rings. The van der Waals surface area contributed by atoms with Crippen molar-refractivity contribution in [3.63, 3.8) is 0 Å². The zero-order chi connectivity index (χ0) is 17.0. The molecular formula is C18H17Cl2NO2. The molecule has 2 rings (SSSR count). The minimum atomic E-state index is -0.258. The second-order valence-electron chi connectivity index (χ2n) is 5.39. The molecule has 23 heavy (non-hydrogen) atoms. The Labute approximate surface area is 145 Å². The van der Waals surface area contributed by atoms with Gasteiger partial charge in [-0.3, -0.25) is 9.59 Å². The van der Waals surface area contributed by atoms with Crippen LogP contribution in [-0.2, 0) is 4.79 Å². The molecule has 3 nitrogen and oxygen atoms in total. The number of carbonyl (C=O) groups is 2. The van der Waals surface area contributed by atoms with Gasteiger partial charge in [0, 0.05) is 23.4 Å². The lowest BCUT2D eigenvalue weighted by atomic mass is 10.0. The topological polar surface area (TPSA) is 46.2 Å². The van der Waals surface area contributed by atoms with E-state index in [9.17, 15) is 9.59 Å². The summed E-state index contributed by atoms with van der Waals surface area (Å²) in [7, 11) is 0. The number of ketones is 1. The monoisotopic (exact) mass is 349 g/mol. The van der Waals surface area contributed by atoms with E-state index in [0.29, 0.717) is 21.3 Å². The van der Waals surface area contributed by atoms with Crippen molar-refractivity contribution < 1.29 is 9.59 Å². The first-order chi connectivity index (χ1) is 10.9. The van der Waals surface area contributed by atoms with Gasteiger partial charge in [-0.2, -0.15) is 0 Å². The minimum Gasteiger partial charge on any atom is -0.325 e. The number of halogens is 2. The normalized spacial score (nSPS) is 10.4. The number of benzene rings is 2. The molecule has 120 valence electrons. The molecule has 0 fully saturated rings. The van der Waals surface area contributed by atoms with Gasteiger partial charge in [0.15, 0.2) is 5.78 Å². The molecule has 0 spiro atoms. The summed E-state index contributed by atoms with van der Waals surface area (Å²) < 4.78 is 0. The second-order valence-corrected chi connectivity index (χ2v) is 6.24. The average molecular weight is 350 g/mol. The number of rotatable bonds is 5. The summed E-state index contributed by atoms with van der Waals surface area (Å²) in [5.41, 5.74) is 3.31. The van der Waals surface area contributed by atoms with Crippen molar-refractivity contribution in [2.75, 3.05) is 5.32 Å². The Bertz CT molecular complexity index is 757. The number of aryl methyl sites for hydroxylation is 2. The molecule has 0 aliphatic carbocycles. The summed E-state index contributed by atoms with van der Waals surface area (Å²) in [5, 5.41) is 3.55. The Hall–Kier alpha value is -1.84. The van der Waals surface area contributed by atoms with Crippen LogP contribution in [0.15, 0.2) is 36.4 Å². The maximum Gasteiger partial charge on any atom is 0.224 e. The van der Waals surface area contributed by atoms with Crippen molar-refractivity contribution in [3.05, 3.63) is 63.1 Å². The number of anilines is 1. The third-order valence-corrected chi connectivity index (χ3v) is 4.16. The van der Waals surface area contributed by atoms with Crippen molar-refractivity contribution in [1.29, 1.82) is 0 Å². The summed E-state index contributed by atoms with van der Waals surface area (Å²) in [6.07, 6.45) is 0.254. The van der Waals surface area contributed by atoms with Gasteiger partial charge in [0.1, 0.15) is 0 Å². The number of carbonyl (C=O) groups excluding carboxylic acids is 2. The fourth-order valence-corrected chi connectivity index (χ4v) is 2.55. The molecule has 1 amide bonds. The van der Waals surface area contributed by atoms with E-state index in [2.05, 4.69) is 5.32 Å². The van der Waals surface area contributed by atoms with E-state index in [4.69, 9.17) is 23.2 Å². The van der Waals surface area contributed by atoms with E-state index < -0.39 is 0 Å². The second kappa shape index (κ2) is 7.62. The molecule has 1 N–H and O–H groups in total. The highest BCUT2D eigenvalue weighted by molar-refractivity contribution is 6.36. The number of amides is 1. The van der Waals surface area contributed by atoms with Gasteiger partial charge in [0.05, 0.1) is 10.7 Å². The van der Waals surface area contributed by atoms with Crippen LogP contribution in [0.25, 0.3) is 0 Å². The van der Waals surface area contributed by atoms with E-state index in [-0.39, 0.29) is 24.5 Å². The molecule has 0 atom stereocenters. The Balaban J connectivity index is 1.93. The Kier molecular flexibility index (Phi) is 5.80. The Morgan fingerprint density at radius 2 is 1.70 bits per heavy atom. The predicted octanol–water partition coefficient (Wildman–Crippen LogP) is 5.21. The van der Waals surface area contributed by atoms with Crippen molar-refractivity contribution in [1.82, 2.24) is 0 Å². The van der Waals surface area contributed by atoms with Crippen LogP contribution in [0.4, 0.5) is 5.69 Å². The van der Waals surface area contributed by atoms with Crippen LogP contribution in [0.2, 0.25) is 10.0 Å². The van der Waals surface area contributed by atoms with Crippen LogP contribution < -0.4 is 5.32 Å². The van der Waals surface area contributed by atoms with Crippen molar-refractivity contribution in [2.24, 2.45) is 0 Å². The van der Waals surface area contributed by atoms with E-state index in [1.165, 1.54) is 0 Å². The van der Waals surface area contributed by atoms with Gasteiger partial charge in [-0.25, -0.2) is 0 Å². The standard InChI is InChI=1S/C18H17Cl2NO2/c1-11-3-4-13(9-12(11)2)17(22)7-8-18(23)21-16-6-5-14(19)10-15(16)20/h3-6,9-10H,7-8H2,1-2H3,(H,21,23). The molecule has 0 unspecified atom stereocenters. The summed E-state index contributed by atoms with van der Waals surface area (Å²) in [6.45, 7) is 3.95. The molecular weight excluding hydrogens is 333 g/mol. The molecule has 0 aromatic heterocycles. The van der Waals surface area contributed by atoms with Crippen LogP contribution >= 0.6 is 23.2 Å². The van der Waals surface area contributed by atoms with Gasteiger partial charge in [0.25, 0.3) is 0 Å². The average Bonchev–Trinajstić information content (AvgIpc) is 2.50. The highest BCUT2D eigenvalue weighted by Gasteiger charge is 2.11. The van der Waals surface area contributed by atoms with E-state index in [0.717, 1.165) is 11.1 Å².